The number of nitrogens with zero attached hydrogens (tertiary/aromatic N) is 3. The third-order valence-corrected chi connectivity index (χ3v) is 2.57. The topological polar surface area (TPSA) is 59.9 Å². The number of hydrogen-bond acceptors (Lipinski definition) is 5. The van der Waals surface area contributed by atoms with Crippen LogP contribution in [0.15, 0.2) is 30.7 Å². The predicted molar refractivity (Wildman–Crippen MR) is 73.2 cm³/mol. The van der Waals surface area contributed by atoms with E-state index in [0.717, 1.165) is 11.5 Å². The van der Waals surface area contributed by atoms with E-state index in [2.05, 4.69) is 34.1 Å². The van der Waals surface area contributed by atoms with Crippen molar-refractivity contribution in [3.8, 4) is 11.5 Å². The van der Waals surface area contributed by atoms with E-state index in [1.54, 1.807) is 18.6 Å². The molecule has 0 atom stereocenters. The third kappa shape index (κ3) is 3.48. The van der Waals surface area contributed by atoms with Gasteiger partial charge in [0.2, 0.25) is 0 Å². The molecule has 2 rings (SSSR count). The summed E-state index contributed by atoms with van der Waals surface area (Å²) >= 11 is 0. The minimum absolute atomic E-state index is 0.294. The van der Waals surface area contributed by atoms with Crippen LogP contribution in [0.4, 0.5) is 0 Å². The van der Waals surface area contributed by atoms with Crippen LogP contribution >= 0.6 is 0 Å². The molecule has 0 spiro atoms. The van der Waals surface area contributed by atoms with E-state index < -0.39 is 0 Å². The van der Waals surface area contributed by atoms with E-state index in [-0.39, 0.29) is 0 Å². The van der Waals surface area contributed by atoms with Gasteiger partial charge in [0.1, 0.15) is 17.3 Å². The number of nitrogens with one attached hydrogen (secondary N) is 1. The van der Waals surface area contributed by atoms with Gasteiger partial charge < -0.3 is 10.1 Å². The molecule has 0 fully saturated rings. The van der Waals surface area contributed by atoms with Gasteiger partial charge in [-0.25, -0.2) is 9.97 Å². The van der Waals surface area contributed by atoms with Crippen molar-refractivity contribution < 1.29 is 4.74 Å². The normalized spacial score (nSPS) is 10.7. The Bertz CT molecular complexity index is 528. The molecule has 2 aromatic rings. The quantitative estimate of drug-likeness (QED) is 0.893. The van der Waals surface area contributed by atoms with E-state index in [9.17, 15) is 0 Å². The van der Waals surface area contributed by atoms with Crippen LogP contribution in [0.1, 0.15) is 31.3 Å². The molecule has 0 aliphatic carbocycles. The van der Waals surface area contributed by atoms with E-state index in [1.165, 1.54) is 0 Å². The third-order valence-electron chi connectivity index (χ3n) is 2.57. The second-order valence-electron chi connectivity index (χ2n) is 4.51. The van der Waals surface area contributed by atoms with Gasteiger partial charge in [0, 0.05) is 18.7 Å². The van der Waals surface area contributed by atoms with E-state index in [4.69, 9.17) is 4.74 Å². The lowest BCUT2D eigenvalue weighted by Gasteiger charge is -2.12. The molecule has 100 valence electrons. The Morgan fingerprint density at radius 3 is 2.79 bits per heavy atom. The number of rotatable bonds is 5. The molecule has 19 heavy (non-hydrogen) atoms. The summed E-state index contributed by atoms with van der Waals surface area (Å²) in [6, 6.07) is 3.68. The maximum absolute atomic E-state index is 5.77. The van der Waals surface area contributed by atoms with Gasteiger partial charge >= 0.3 is 0 Å². The standard InChI is InChI=1S/C14H18N4O/c1-10(2)14-17-9-13(12(18-14)8-15-3)19-11-5-4-6-16-7-11/h4-7,9-10,15H,8H2,1-3H3. The van der Waals surface area contributed by atoms with E-state index >= 15 is 0 Å². The van der Waals surface area contributed by atoms with Crippen LogP contribution in [-0.4, -0.2) is 22.0 Å². The first-order valence-corrected chi connectivity index (χ1v) is 6.29. The minimum Gasteiger partial charge on any atom is -0.452 e. The first-order valence-electron chi connectivity index (χ1n) is 6.29. The second kappa shape index (κ2) is 6.24. The van der Waals surface area contributed by atoms with Gasteiger partial charge in [-0.3, -0.25) is 4.98 Å². The molecule has 0 saturated heterocycles. The lowest BCUT2D eigenvalue weighted by molar-refractivity contribution is 0.462. The summed E-state index contributed by atoms with van der Waals surface area (Å²) in [6.07, 6.45) is 5.10. The zero-order valence-electron chi connectivity index (χ0n) is 11.4. The number of pyridine rings is 1. The molecule has 2 aromatic heterocycles. The Balaban J connectivity index is 2.28. The summed E-state index contributed by atoms with van der Waals surface area (Å²) in [5, 5.41) is 3.09. The monoisotopic (exact) mass is 258 g/mol. The Kier molecular flexibility index (Phi) is 4.41. The highest BCUT2D eigenvalue weighted by Gasteiger charge is 2.11. The fraction of sp³-hybridized carbons (Fsp3) is 0.357. The number of aromatic nitrogens is 3. The largest absolute Gasteiger partial charge is 0.452 e. The highest BCUT2D eigenvalue weighted by Crippen LogP contribution is 2.24. The molecule has 5 nitrogen and oxygen atoms in total. The zero-order valence-corrected chi connectivity index (χ0v) is 11.4. The zero-order chi connectivity index (χ0) is 13.7. The van der Waals surface area contributed by atoms with Crippen molar-refractivity contribution in [2.75, 3.05) is 7.05 Å². The molecule has 0 saturated carbocycles. The molecule has 5 heteroatoms. The van der Waals surface area contributed by atoms with Crippen LogP contribution in [0.2, 0.25) is 0 Å². The first kappa shape index (κ1) is 13.4. The predicted octanol–water partition coefficient (Wildman–Crippen LogP) is 2.51. The summed E-state index contributed by atoms with van der Waals surface area (Å²) < 4.78 is 5.77. The molecule has 0 amide bonds. The van der Waals surface area contributed by atoms with Gasteiger partial charge in [0.15, 0.2) is 5.75 Å². The summed E-state index contributed by atoms with van der Waals surface area (Å²) in [5.41, 5.74) is 0.852. The molecule has 0 bridgehead atoms. The summed E-state index contributed by atoms with van der Waals surface area (Å²) in [6.45, 7) is 4.78. The molecule has 0 radical (unpaired) electrons. The van der Waals surface area contributed by atoms with Gasteiger partial charge in [-0.05, 0) is 19.2 Å². The van der Waals surface area contributed by atoms with Crippen molar-refractivity contribution >= 4 is 0 Å². The van der Waals surface area contributed by atoms with Crippen molar-refractivity contribution in [3.05, 3.63) is 42.2 Å². The van der Waals surface area contributed by atoms with Crippen LogP contribution in [0.3, 0.4) is 0 Å². The van der Waals surface area contributed by atoms with Gasteiger partial charge in [0.05, 0.1) is 12.4 Å². The van der Waals surface area contributed by atoms with Crippen molar-refractivity contribution in [2.24, 2.45) is 0 Å². The molecule has 2 heterocycles. The maximum Gasteiger partial charge on any atom is 0.168 e. The summed E-state index contributed by atoms with van der Waals surface area (Å²) in [7, 11) is 1.88. The second-order valence-corrected chi connectivity index (χ2v) is 4.51. The fourth-order valence-electron chi connectivity index (χ4n) is 1.61. The van der Waals surface area contributed by atoms with Crippen LogP contribution in [0, 0.1) is 0 Å². The van der Waals surface area contributed by atoms with Crippen LogP contribution < -0.4 is 10.1 Å². The molecule has 1 N–H and O–H groups in total. The molecule has 0 unspecified atom stereocenters. The Hall–Kier alpha value is -2.01. The molecular formula is C14H18N4O. The lowest BCUT2D eigenvalue weighted by atomic mass is 10.2. The van der Waals surface area contributed by atoms with E-state index in [1.807, 2.05) is 19.2 Å². The summed E-state index contributed by atoms with van der Waals surface area (Å²) in [4.78, 5) is 12.9. The fourth-order valence-corrected chi connectivity index (χ4v) is 1.61. The van der Waals surface area contributed by atoms with Crippen molar-refractivity contribution in [1.29, 1.82) is 0 Å². The van der Waals surface area contributed by atoms with E-state index in [0.29, 0.717) is 24.0 Å². The highest BCUT2D eigenvalue weighted by molar-refractivity contribution is 5.31. The smallest absolute Gasteiger partial charge is 0.168 e. The van der Waals surface area contributed by atoms with Crippen molar-refractivity contribution in [2.45, 2.75) is 26.3 Å². The van der Waals surface area contributed by atoms with Gasteiger partial charge in [0.25, 0.3) is 0 Å². The molecular weight excluding hydrogens is 240 g/mol. The average Bonchev–Trinajstić information content (AvgIpc) is 2.42. The van der Waals surface area contributed by atoms with Crippen LogP contribution in [0.5, 0.6) is 11.5 Å². The Labute approximate surface area is 113 Å². The van der Waals surface area contributed by atoms with Crippen LogP contribution in [0.25, 0.3) is 0 Å². The van der Waals surface area contributed by atoms with Crippen LogP contribution in [-0.2, 0) is 6.54 Å². The lowest BCUT2D eigenvalue weighted by Crippen LogP contribution is -2.11. The first-order chi connectivity index (χ1) is 9.20. The molecule has 0 aliphatic rings. The Morgan fingerprint density at radius 2 is 2.16 bits per heavy atom. The Morgan fingerprint density at radius 1 is 1.32 bits per heavy atom. The van der Waals surface area contributed by atoms with Gasteiger partial charge in [-0.1, -0.05) is 13.8 Å². The average molecular weight is 258 g/mol. The molecule has 0 aromatic carbocycles. The maximum atomic E-state index is 5.77. The summed E-state index contributed by atoms with van der Waals surface area (Å²) in [5.74, 6) is 2.46. The van der Waals surface area contributed by atoms with Gasteiger partial charge in [-0.15, -0.1) is 0 Å². The van der Waals surface area contributed by atoms with Crippen molar-refractivity contribution in [3.63, 3.8) is 0 Å². The van der Waals surface area contributed by atoms with Crippen molar-refractivity contribution in [1.82, 2.24) is 20.3 Å². The minimum atomic E-state index is 0.294. The SMILES string of the molecule is CNCc1nc(C(C)C)ncc1Oc1cccnc1. The number of hydrogen-bond donors (Lipinski definition) is 1. The molecule has 0 aliphatic heterocycles. The number of ether oxygens (including phenoxy) is 1. The van der Waals surface area contributed by atoms with Gasteiger partial charge in [-0.2, -0.15) is 0 Å². The highest BCUT2D eigenvalue weighted by atomic mass is 16.5.